The molecule has 0 fully saturated rings. The molecule has 2 aromatic rings. The second kappa shape index (κ2) is 5.99. The molecular formula is C14H12F2Se2. The molecule has 0 bridgehead atoms. The van der Waals surface area contributed by atoms with Gasteiger partial charge in [-0.15, -0.1) is 0 Å². The maximum absolute atomic E-state index is 13.6. The molecule has 0 radical (unpaired) electrons. The molecule has 0 N–H and O–H groups in total. The summed E-state index contributed by atoms with van der Waals surface area (Å²) in [7, 11) is 0. The number of halogens is 2. The van der Waals surface area contributed by atoms with Gasteiger partial charge in [0, 0.05) is 0 Å². The van der Waals surface area contributed by atoms with E-state index in [1.807, 2.05) is 38.1 Å². The summed E-state index contributed by atoms with van der Waals surface area (Å²) in [5, 5.41) is 0. The second-order valence-electron chi connectivity index (χ2n) is 4.03. The molecule has 0 spiro atoms. The van der Waals surface area contributed by atoms with Gasteiger partial charge in [0.2, 0.25) is 0 Å². The minimum absolute atomic E-state index is 0.0130. The van der Waals surface area contributed by atoms with Crippen LogP contribution in [0.2, 0.25) is 0 Å². The molecule has 0 saturated heterocycles. The number of aryl methyl sites for hydroxylation is 2. The molecule has 94 valence electrons. The first-order valence-corrected chi connectivity index (χ1v) is 11.5. The van der Waals surface area contributed by atoms with E-state index in [2.05, 4.69) is 0 Å². The Balaban J connectivity index is 2.11. The van der Waals surface area contributed by atoms with Gasteiger partial charge < -0.3 is 0 Å². The average molecular weight is 376 g/mol. The second-order valence-corrected chi connectivity index (χ2v) is 10.2. The SMILES string of the molecule is Cc1ccc([Se][Se]c2ccc(C)cc2F)c(F)c1. The zero-order chi connectivity index (χ0) is 13.1. The van der Waals surface area contributed by atoms with Gasteiger partial charge in [-0.2, -0.15) is 0 Å². The first-order chi connectivity index (χ1) is 8.56. The van der Waals surface area contributed by atoms with Crippen LogP contribution >= 0.6 is 0 Å². The van der Waals surface area contributed by atoms with Crippen molar-refractivity contribution in [3.05, 3.63) is 59.2 Å². The zero-order valence-corrected chi connectivity index (χ0v) is 13.5. The Morgan fingerprint density at radius 1 is 0.722 bits per heavy atom. The molecule has 0 saturated carbocycles. The van der Waals surface area contributed by atoms with Crippen LogP contribution in [0.4, 0.5) is 8.78 Å². The van der Waals surface area contributed by atoms with Crippen molar-refractivity contribution in [1.82, 2.24) is 0 Å². The van der Waals surface area contributed by atoms with Crippen LogP contribution in [-0.4, -0.2) is 26.3 Å². The Kier molecular flexibility index (Phi) is 4.58. The van der Waals surface area contributed by atoms with E-state index in [1.165, 1.54) is 0 Å². The van der Waals surface area contributed by atoms with Gasteiger partial charge in [0.1, 0.15) is 0 Å². The molecule has 2 rings (SSSR count). The molecule has 4 heteroatoms. The summed E-state index contributed by atoms with van der Waals surface area (Å²) in [6.07, 6.45) is 0. The van der Waals surface area contributed by atoms with Gasteiger partial charge in [-0.1, -0.05) is 0 Å². The fourth-order valence-electron chi connectivity index (χ4n) is 1.44. The van der Waals surface area contributed by atoms with Crippen molar-refractivity contribution in [3.8, 4) is 0 Å². The molecule has 0 aliphatic heterocycles. The minimum atomic E-state index is -0.163. The summed E-state index contributed by atoms with van der Waals surface area (Å²) >= 11 is -0.0260. The summed E-state index contributed by atoms with van der Waals surface area (Å²) in [5.41, 5.74) is 1.84. The van der Waals surface area contributed by atoms with Crippen molar-refractivity contribution in [2.45, 2.75) is 13.8 Å². The first kappa shape index (κ1) is 13.8. The quantitative estimate of drug-likeness (QED) is 0.718. The molecule has 0 aliphatic carbocycles. The van der Waals surface area contributed by atoms with Crippen LogP contribution in [0.1, 0.15) is 11.1 Å². The van der Waals surface area contributed by atoms with Crippen molar-refractivity contribution < 1.29 is 8.78 Å². The summed E-state index contributed by atoms with van der Waals surface area (Å²) in [4.78, 5) is 0. The number of benzene rings is 2. The Morgan fingerprint density at radius 3 is 1.44 bits per heavy atom. The molecule has 0 nitrogen and oxygen atoms in total. The predicted molar refractivity (Wildman–Crippen MR) is 73.1 cm³/mol. The van der Waals surface area contributed by atoms with Gasteiger partial charge in [-0.3, -0.25) is 0 Å². The third-order valence-electron chi connectivity index (χ3n) is 2.40. The van der Waals surface area contributed by atoms with Crippen LogP contribution in [0, 0.1) is 25.5 Å². The Hall–Kier alpha value is -0.661. The summed E-state index contributed by atoms with van der Waals surface area (Å²) < 4.78 is 28.8. The molecule has 2 aromatic carbocycles. The van der Waals surface area contributed by atoms with E-state index in [4.69, 9.17) is 0 Å². The fourth-order valence-corrected chi connectivity index (χ4v) is 7.82. The van der Waals surface area contributed by atoms with Crippen molar-refractivity contribution >= 4 is 35.2 Å². The molecule has 0 aliphatic rings. The molecule has 0 heterocycles. The van der Waals surface area contributed by atoms with Gasteiger partial charge in [-0.25, -0.2) is 0 Å². The van der Waals surface area contributed by atoms with Crippen LogP contribution in [-0.2, 0) is 0 Å². The van der Waals surface area contributed by atoms with Crippen molar-refractivity contribution in [3.63, 3.8) is 0 Å². The maximum atomic E-state index is 13.6. The number of hydrogen-bond acceptors (Lipinski definition) is 0. The monoisotopic (exact) mass is 378 g/mol. The molecule has 18 heavy (non-hydrogen) atoms. The van der Waals surface area contributed by atoms with E-state index in [9.17, 15) is 8.78 Å². The Bertz CT molecular complexity index is 516. The van der Waals surface area contributed by atoms with Gasteiger partial charge in [0.25, 0.3) is 0 Å². The summed E-state index contributed by atoms with van der Waals surface area (Å²) in [6, 6.07) is 10.5. The van der Waals surface area contributed by atoms with Gasteiger partial charge in [0.05, 0.1) is 0 Å². The van der Waals surface area contributed by atoms with E-state index in [-0.39, 0.29) is 37.9 Å². The van der Waals surface area contributed by atoms with Crippen LogP contribution in [0.3, 0.4) is 0 Å². The van der Waals surface area contributed by atoms with Crippen LogP contribution in [0.15, 0.2) is 36.4 Å². The third-order valence-corrected chi connectivity index (χ3v) is 9.54. The normalized spacial score (nSPS) is 10.7. The number of hydrogen-bond donors (Lipinski definition) is 0. The molecule has 0 aromatic heterocycles. The molecular weight excluding hydrogens is 364 g/mol. The van der Waals surface area contributed by atoms with Crippen molar-refractivity contribution in [2.75, 3.05) is 0 Å². The van der Waals surface area contributed by atoms with Crippen LogP contribution in [0.25, 0.3) is 0 Å². The van der Waals surface area contributed by atoms with Crippen molar-refractivity contribution in [2.24, 2.45) is 0 Å². The molecule has 0 amide bonds. The van der Waals surface area contributed by atoms with Crippen molar-refractivity contribution in [1.29, 1.82) is 0 Å². The van der Waals surface area contributed by atoms with E-state index < -0.39 is 0 Å². The topological polar surface area (TPSA) is 0 Å². The molecule has 0 unspecified atom stereocenters. The van der Waals surface area contributed by atoms with Gasteiger partial charge in [-0.05, 0) is 0 Å². The summed E-state index contributed by atoms with van der Waals surface area (Å²) in [6.45, 7) is 3.73. The Morgan fingerprint density at radius 2 is 1.11 bits per heavy atom. The third kappa shape index (κ3) is 3.43. The standard InChI is InChI=1S/C14H12F2Se2/c1-9-3-5-13(11(15)7-9)17-18-14-6-4-10(2)8-12(14)16/h3-8H,1-2H3. The summed E-state index contributed by atoms with van der Waals surface area (Å²) in [5.74, 6) is -0.325. The van der Waals surface area contributed by atoms with Crippen LogP contribution < -0.4 is 8.92 Å². The van der Waals surface area contributed by atoms with E-state index in [1.54, 1.807) is 12.1 Å². The first-order valence-electron chi connectivity index (χ1n) is 5.43. The predicted octanol–water partition coefficient (Wildman–Crippen LogP) is 1.86. The van der Waals surface area contributed by atoms with Crippen LogP contribution in [0.5, 0.6) is 0 Å². The fraction of sp³-hybridized carbons (Fsp3) is 0.143. The van der Waals surface area contributed by atoms with Gasteiger partial charge >= 0.3 is 117 Å². The number of rotatable bonds is 3. The average Bonchev–Trinajstić information content (AvgIpc) is 2.30. The zero-order valence-electron chi connectivity index (χ0n) is 10.0. The van der Waals surface area contributed by atoms with Gasteiger partial charge in [0.15, 0.2) is 0 Å². The van der Waals surface area contributed by atoms with E-state index >= 15 is 0 Å². The Labute approximate surface area is 117 Å². The molecule has 0 atom stereocenters. The van der Waals surface area contributed by atoms with E-state index in [0.29, 0.717) is 0 Å². The van der Waals surface area contributed by atoms with E-state index in [0.717, 1.165) is 20.1 Å².